The molecule has 0 radical (unpaired) electrons. The molecule has 3 nitrogen and oxygen atoms in total. The van der Waals surface area contributed by atoms with Crippen molar-refractivity contribution in [3.8, 4) is 0 Å². The van der Waals surface area contributed by atoms with Gasteiger partial charge >= 0.3 is 0 Å². The molecule has 1 saturated heterocycles. The Kier molecular flexibility index (Phi) is 5.06. The summed E-state index contributed by atoms with van der Waals surface area (Å²) < 4.78 is 0. The average molecular weight is 295 g/mol. The number of carbonyl (C=O) groups is 1. The maximum absolute atomic E-state index is 12.5. The monoisotopic (exact) mass is 294 g/mol. The Labute approximate surface area is 127 Å². The van der Waals surface area contributed by atoms with E-state index in [2.05, 4.69) is 30.4 Å². The number of rotatable bonds is 2. The van der Waals surface area contributed by atoms with Crippen molar-refractivity contribution in [1.82, 2.24) is 5.32 Å². The van der Waals surface area contributed by atoms with Crippen LogP contribution in [0.25, 0.3) is 0 Å². The molecule has 20 heavy (non-hydrogen) atoms. The number of carbonyl (C=O) groups excluding carboxylic acids is 1. The molecule has 0 aliphatic carbocycles. The second-order valence-corrected chi connectivity index (χ2v) is 5.78. The largest absolute Gasteiger partial charge is 0.313 e. The Bertz CT molecular complexity index is 483. The number of benzene rings is 1. The molecular formula is C16H23ClN2O. The van der Waals surface area contributed by atoms with Gasteiger partial charge in [0.1, 0.15) is 0 Å². The smallest absolute Gasteiger partial charge is 0.228 e. The molecule has 4 heteroatoms. The molecule has 1 N–H and O–H groups in total. The third-order valence-electron chi connectivity index (χ3n) is 4.24. The lowest BCUT2D eigenvalue weighted by Crippen LogP contribution is -2.39. The Hall–Kier alpha value is -1.06. The molecule has 1 amide bonds. The zero-order valence-electron chi connectivity index (χ0n) is 12.0. The van der Waals surface area contributed by atoms with E-state index in [4.69, 9.17) is 0 Å². The van der Waals surface area contributed by atoms with Gasteiger partial charge in [-0.3, -0.25) is 4.79 Å². The second-order valence-electron chi connectivity index (χ2n) is 5.78. The van der Waals surface area contributed by atoms with Crippen LogP contribution in [0.15, 0.2) is 18.2 Å². The summed E-state index contributed by atoms with van der Waals surface area (Å²) in [5, 5.41) is 3.41. The Morgan fingerprint density at radius 2 is 2.25 bits per heavy atom. The van der Waals surface area contributed by atoms with Gasteiger partial charge in [-0.1, -0.05) is 17.7 Å². The highest BCUT2D eigenvalue weighted by Gasteiger charge is 2.25. The third-order valence-corrected chi connectivity index (χ3v) is 4.24. The fourth-order valence-electron chi connectivity index (χ4n) is 3.24. The van der Waals surface area contributed by atoms with Gasteiger partial charge in [0.2, 0.25) is 5.91 Å². The standard InChI is InChI=1S/C16H22N2O.ClH/c1-12-6-7-15-13(10-12)4-3-9-18(15)16(19)11-14-5-2-8-17-14;/h6-7,10,14,17H,2-5,8-9,11H2,1H3;1H. The molecule has 1 aromatic carbocycles. The van der Waals surface area contributed by atoms with E-state index in [9.17, 15) is 4.79 Å². The quantitative estimate of drug-likeness (QED) is 0.910. The molecule has 0 aromatic heterocycles. The first-order chi connectivity index (χ1) is 9.24. The number of hydrogen-bond donors (Lipinski definition) is 1. The van der Waals surface area contributed by atoms with Crippen LogP contribution in [0.5, 0.6) is 0 Å². The van der Waals surface area contributed by atoms with E-state index in [0.717, 1.165) is 38.0 Å². The van der Waals surface area contributed by atoms with Gasteiger partial charge in [0.05, 0.1) is 0 Å². The van der Waals surface area contributed by atoms with Gasteiger partial charge in [-0.25, -0.2) is 0 Å². The van der Waals surface area contributed by atoms with Crippen molar-refractivity contribution >= 4 is 24.0 Å². The van der Waals surface area contributed by atoms with Gasteiger partial charge in [0.25, 0.3) is 0 Å². The van der Waals surface area contributed by atoms with Crippen molar-refractivity contribution in [3.05, 3.63) is 29.3 Å². The summed E-state index contributed by atoms with van der Waals surface area (Å²) >= 11 is 0. The van der Waals surface area contributed by atoms with E-state index < -0.39 is 0 Å². The summed E-state index contributed by atoms with van der Waals surface area (Å²) in [5.74, 6) is 0.282. The molecule has 1 unspecified atom stereocenters. The van der Waals surface area contributed by atoms with Crippen LogP contribution in [0, 0.1) is 6.92 Å². The highest BCUT2D eigenvalue weighted by molar-refractivity contribution is 5.95. The molecule has 0 saturated carbocycles. The van der Waals surface area contributed by atoms with Crippen LogP contribution in [0.4, 0.5) is 5.69 Å². The fourth-order valence-corrected chi connectivity index (χ4v) is 3.24. The van der Waals surface area contributed by atoms with Crippen LogP contribution in [0.3, 0.4) is 0 Å². The number of halogens is 1. The minimum absolute atomic E-state index is 0. The molecule has 0 bridgehead atoms. The first-order valence-corrected chi connectivity index (χ1v) is 7.37. The van der Waals surface area contributed by atoms with E-state index in [1.807, 2.05) is 4.90 Å². The molecule has 1 fully saturated rings. The van der Waals surface area contributed by atoms with E-state index in [1.165, 1.54) is 17.5 Å². The lowest BCUT2D eigenvalue weighted by atomic mass is 9.99. The van der Waals surface area contributed by atoms with Crippen molar-refractivity contribution in [2.45, 2.75) is 45.1 Å². The highest BCUT2D eigenvalue weighted by atomic mass is 35.5. The molecule has 3 rings (SSSR count). The molecule has 2 aliphatic rings. The van der Waals surface area contributed by atoms with Gasteiger partial charge < -0.3 is 10.2 Å². The maximum Gasteiger partial charge on any atom is 0.228 e. The van der Waals surface area contributed by atoms with Gasteiger partial charge in [-0.15, -0.1) is 12.4 Å². The minimum Gasteiger partial charge on any atom is -0.313 e. The first-order valence-electron chi connectivity index (χ1n) is 7.37. The van der Waals surface area contributed by atoms with Gasteiger partial charge in [0, 0.05) is 24.7 Å². The molecule has 0 spiro atoms. The molecule has 2 aliphatic heterocycles. The molecule has 1 aromatic rings. The van der Waals surface area contributed by atoms with Crippen LogP contribution in [0.2, 0.25) is 0 Å². The van der Waals surface area contributed by atoms with Gasteiger partial charge in [-0.2, -0.15) is 0 Å². The van der Waals surface area contributed by atoms with Crippen LogP contribution in [0.1, 0.15) is 36.8 Å². The molecule has 110 valence electrons. The SMILES string of the molecule is Cc1ccc2c(c1)CCCN2C(=O)CC1CCCN1.Cl. The van der Waals surface area contributed by atoms with Crippen molar-refractivity contribution < 1.29 is 4.79 Å². The number of nitrogens with one attached hydrogen (secondary N) is 1. The van der Waals surface area contributed by atoms with Crippen molar-refractivity contribution in [2.75, 3.05) is 18.0 Å². The van der Waals surface area contributed by atoms with E-state index in [1.54, 1.807) is 0 Å². The van der Waals surface area contributed by atoms with Crippen molar-refractivity contribution in [3.63, 3.8) is 0 Å². The average Bonchev–Trinajstić information content (AvgIpc) is 2.90. The number of fused-ring (bicyclic) bond motifs is 1. The topological polar surface area (TPSA) is 32.3 Å². The van der Waals surface area contributed by atoms with Gasteiger partial charge in [0.15, 0.2) is 0 Å². The number of amides is 1. The highest BCUT2D eigenvalue weighted by Crippen LogP contribution is 2.29. The van der Waals surface area contributed by atoms with Crippen molar-refractivity contribution in [2.24, 2.45) is 0 Å². The fraction of sp³-hybridized carbons (Fsp3) is 0.562. The Morgan fingerprint density at radius 1 is 1.40 bits per heavy atom. The van der Waals surface area contributed by atoms with Crippen molar-refractivity contribution in [1.29, 1.82) is 0 Å². The predicted molar refractivity (Wildman–Crippen MR) is 84.7 cm³/mol. The van der Waals surface area contributed by atoms with Crippen LogP contribution in [-0.4, -0.2) is 25.0 Å². The van der Waals surface area contributed by atoms with Gasteiger partial charge in [-0.05, 0) is 50.8 Å². The van der Waals surface area contributed by atoms with Crippen LogP contribution in [-0.2, 0) is 11.2 Å². The number of hydrogen-bond acceptors (Lipinski definition) is 2. The summed E-state index contributed by atoms with van der Waals surface area (Å²) in [4.78, 5) is 14.5. The number of aryl methyl sites for hydroxylation is 2. The Balaban J connectivity index is 0.00000147. The summed E-state index contributed by atoms with van der Waals surface area (Å²) in [5.41, 5.74) is 3.75. The van der Waals surface area contributed by atoms with Crippen LogP contribution < -0.4 is 10.2 Å². The summed E-state index contributed by atoms with van der Waals surface area (Å²) in [6.45, 7) is 4.05. The zero-order valence-corrected chi connectivity index (χ0v) is 12.8. The van der Waals surface area contributed by atoms with E-state index in [-0.39, 0.29) is 18.3 Å². The molecule has 2 heterocycles. The predicted octanol–water partition coefficient (Wildman–Crippen LogP) is 2.84. The van der Waals surface area contributed by atoms with Crippen LogP contribution >= 0.6 is 12.4 Å². The van der Waals surface area contributed by atoms with E-state index >= 15 is 0 Å². The second kappa shape index (κ2) is 6.59. The molecular weight excluding hydrogens is 272 g/mol. The minimum atomic E-state index is 0. The zero-order chi connectivity index (χ0) is 13.2. The summed E-state index contributed by atoms with van der Waals surface area (Å²) in [6.07, 6.45) is 5.17. The third kappa shape index (κ3) is 3.15. The molecule has 1 atom stereocenters. The number of anilines is 1. The summed E-state index contributed by atoms with van der Waals surface area (Å²) in [7, 11) is 0. The lowest BCUT2D eigenvalue weighted by molar-refractivity contribution is -0.119. The Morgan fingerprint density at radius 3 is 3.00 bits per heavy atom. The number of nitrogens with zero attached hydrogens (tertiary/aromatic N) is 1. The summed E-state index contributed by atoms with van der Waals surface area (Å²) in [6, 6.07) is 6.84. The lowest BCUT2D eigenvalue weighted by Gasteiger charge is -2.30. The normalized spacial score (nSPS) is 21.2. The van der Waals surface area contributed by atoms with E-state index in [0.29, 0.717) is 12.5 Å². The first kappa shape index (κ1) is 15.3. The maximum atomic E-state index is 12.5.